The van der Waals surface area contributed by atoms with Crippen LogP contribution in [0.2, 0.25) is 0 Å². The molecule has 2 unspecified atom stereocenters. The Labute approximate surface area is 66.9 Å². The first-order valence-corrected chi connectivity index (χ1v) is 4.13. The zero-order valence-electron chi connectivity index (χ0n) is 6.79. The van der Waals surface area contributed by atoms with Gasteiger partial charge in [-0.05, 0) is 18.8 Å². The van der Waals surface area contributed by atoms with Gasteiger partial charge in [0.25, 0.3) is 0 Å². The van der Waals surface area contributed by atoms with Gasteiger partial charge in [-0.15, -0.1) is 0 Å². The van der Waals surface area contributed by atoms with Crippen LogP contribution in [-0.4, -0.2) is 11.1 Å². The molecule has 0 fully saturated rings. The number of allylic oxidation sites excluding steroid dienone is 2. The van der Waals surface area contributed by atoms with Crippen LogP contribution in [-0.2, 0) is 4.79 Å². The van der Waals surface area contributed by atoms with Gasteiger partial charge in [0.2, 0.25) is 0 Å². The van der Waals surface area contributed by atoms with E-state index < -0.39 is 5.97 Å². The minimum Gasteiger partial charge on any atom is -0.481 e. The van der Waals surface area contributed by atoms with Crippen molar-refractivity contribution in [2.75, 3.05) is 0 Å². The van der Waals surface area contributed by atoms with Gasteiger partial charge in [-0.3, -0.25) is 4.79 Å². The van der Waals surface area contributed by atoms with Gasteiger partial charge in [-0.25, -0.2) is 0 Å². The summed E-state index contributed by atoms with van der Waals surface area (Å²) in [5.74, 6) is -0.413. The van der Waals surface area contributed by atoms with Gasteiger partial charge >= 0.3 is 5.97 Å². The Hall–Kier alpha value is -0.790. The molecule has 2 heteroatoms. The normalized spacial score (nSPS) is 30.3. The number of carbonyl (C=O) groups is 1. The van der Waals surface area contributed by atoms with Gasteiger partial charge in [0.05, 0.1) is 5.92 Å². The Balaban J connectivity index is 2.61. The van der Waals surface area contributed by atoms with Gasteiger partial charge in [0.1, 0.15) is 0 Å². The van der Waals surface area contributed by atoms with Gasteiger partial charge in [-0.2, -0.15) is 0 Å². The molecule has 62 valence electrons. The van der Waals surface area contributed by atoms with Crippen molar-refractivity contribution in [3.8, 4) is 0 Å². The van der Waals surface area contributed by atoms with E-state index in [4.69, 9.17) is 5.11 Å². The second-order valence-electron chi connectivity index (χ2n) is 3.06. The van der Waals surface area contributed by atoms with E-state index in [2.05, 4.69) is 13.0 Å². The van der Waals surface area contributed by atoms with Crippen molar-refractivity contribution in [3.63, 3.8) is 0 Å². The van der Waals surface area contributed by atoms with Crippen LogP contribution in [0.15, 0.2) is 12.2 Å². The Kier molecular flexibility index (Phi) is 2.69. The van der Waals surface area contributed by atoms with Gasteiger partial charge in [0, 0.05) is 0 Å². The number of carboxylic acids is 1. The number of aliphatic carboxylic acids is 1. The zero-order valence-corrected chi connectivity index (χ0v) is 6.79. The van der Waals surface area contributed by atoms with Crippen LogP contribution in [0.3, 0.4) is 0 Å². The summed E-state index contributed by atoms with van der Waals surface area (Å²) in [6, 6.07) is 0. The van der Waals surface area contributed by atoms with Crippen molar-refractivity contribution in [2.24, 2.45) is 11.8 Å². The number of carboxylic acid groups (broad SMARTS) is 1. The molecule has 0 saturated heterocycles. The van der Waals surface area contributed by atoms with Crippen molar-refractivity contribution >= 4 is 5.97 Å². The first-order valence-electron chi connectivity index (χ1n) is 4.13. The summed E-state index contributed by atoms with van der Waals surface area (Å²) in [5, 5.41) is 8.81. The molecule has 0 radical (unpaired) electrons. The molecule has 0 spiro atoms. The lowest BCUT2D eigenvalue weighted by Gasteiger charge is -2.23. The molecule has 0 bridgehead atoms. The van der Waals surface area contributed by atoms with Crippen LogP contribution < -0.4 is 0 Å². The maximum Gasteiger partial charge on any atom is 0.307 e. The molecule has 0 aromatic carbocycles. The molecule has 0 heterocycles. The third-order valence-corrected chi connectivity index (χ3v) is 2.41. The maximum atomic E-state index is 10.7. The van der Waals surface area contributed by atoms with Crippen LogP contribution in [0, 0.1) is 11.8 Å². The van der Waals surface area contributed by atoms with Crippen LogP contribution in [0.4, 0.5) is 0 Å². The van der Waals surface area contributed by atoms with Crippen molar-refractivity contribution in [3.05, 3.63) is 12.2 Å². The third kappa shape index (κ3) is 1.82. The largest absolute Gasteiger partial charge is 0.481 e. The Morgan fingerprint density at radius 1 is 1.55 bits per heavy atom. The maximum absolute atomic E-state index is 10.7. The fraction of sp³-hybridized carbons (Fsp3) is 0.667. The summed E-state index contributed by atoms with van der Waals surface area (Å²) in [5.41, 5.74) is 0. The topological polar surface area (TPSA) is 37.3 Å². The van der Waals surface area contributed by atoms with Crippen molar-refractivity contribution in [1.82, 2.24) is 0 Å². The van der Waals surface area contributed by atoms with Crippen LogP contribution in [0.25, 0.3) is 0 Å². The highest BCUT2D eigenvalue weighted by Crippen LogP contribution is 2.27. The molecular formula is C9H14O2. The number of rotatable bonds is 2. The van der Waals surface area contributed by atoms with Gasteiger partial charge in [0.15, 0.2) is 0 Å². The quantitative estimate of drug-likeness (QED) is 0.618. The number of hydrogen-bond acceptors (Lipinski definition) is 1. The molecular weight excluding hydrogens is 140 g/mol. The first-order chi connectivity index (χ1) is 5.25. The Morgan fingerprint density at radius 2 is 2.18 bits per heavy atom. The Bertz CT molecular complexity index is 172. The lowest BCUT2D eigenvalue weighted by Crippen LogP contribution is -2.24. The molecule has 2 atom stereocenters. The average molecular weight is 154 g/mol. The zero-order chi connectivity index (χ0) is 8.27. The summed E-state index contributed by atoms with van der Waals surface area (Å²) >= 11 is 0. The lowest BCUT2D eigenvalue weighted by atomic mass is 9.81. The highest BCUT2D eigenvalue weighted by atomic mass is 16.4. The van der Waals surface area contributed by atoms with E-state index in [9.17, 15) is 4.79 Å². The van der Waals surface area contributed by atoms with Crippen LogP contribution in [0.1, 0.15) is 26.2 Å². The summed E-state index contributed by atoms with van der Waals surface area (Å²) in [6.07, 6.45) is 6.70. The van der Waals surface area contributed by atoms with E-state index >= 15 is 0 Å². The fourth-order valence-corrected chi connectivity index (χ4v) is 1.62. The summed E-state index contributed by atoms with van der Waals surface area (Å²) in [6.45, 7) is 2.06. The standard InChI is InChI=1S/C9H14O2/c1-2-7-5-3-4-6-8(7)9(10)11/h3-4,7-8H,2,5-6H2,1H3,(H,10,11). The molecule has 0 aromatic rings. The minimum atomic E-state index is -0.638. The lowest BCUT2D eigenvalue weighted by molar-refractivity contribution is -0.143. The minimum absolute atomic E-state index is 0.134. The third-order valence-electron chi connectivity index (χ3n) is 2.41. The van der Waals surface area contributed by atoms with Crippen molar-refractivity contribution < 1.29 is 9.90 Å². The second-order valence-corrected chi connectivity index (χ2v) is 3.06. The van der Waals surface area contributed by atoms with E-state index in [0.717, 1.165) is 12.8 Å². The molecule has 1 rings (SSSR count). The average Bonchev–Trinajstić information content (AvgIpc) is 2.04. The molecule has 0 amide bonds. The summed E-state index contributed by atoms with van der Waals surface area (Å²) in [7, 11) is 0. The first kappa shape index (κ1) is 8.31. The summed E-state index contributed by atoms with van der Waals surface area (Å²) < 4.78 is 0. The van der Waals surface area contributed by atoms with Crippen LogP contribution in [0.5, 0.6) is 0 Å². The SMILES string of the molecule is CCC1CC=CCC1C(=O)O. The predicted octanol–water partition coefficient (Wildman–Crippen LogP) is 2.06. The summed E-state index contributed by atoms with van der Waals surface area (Å²) in [4.78, 5) is 10.7. The highest BCUT2D eigenvalue weighted by Gasteiger charge is 2.26. The van der Waals surface area contributed by atoms with Gasteiger partial charge in [-0.1, -0.05) is 25.5 Å². The van der Waals surface area contributed by atoms with Crippen molar-refractivity contribution in [1.29, 1.82) is 0 Å². The van der Waals surface area contributed by atoms with E-state index in [1.807, 2.05) is 6.08 Å². The van der Waals surface area contributed by atoms with E-state index in [0.29, 0.717) is 12.3 Å². The molecule has 1 aliphatic rings. The monoisotopic (exact) mass is 154 g/mol. The molecule has 1 N–H and O–H groups in total. The molecule has 1 aliphatic carbocycles. The molecule has 0 aromatic heterocycles. The predicted molar refractivity (Wildman–Crippen MR) is 43.3 cm³/mol. The molecule has 2 nitrogen and oxygen atoms in total. The Morgan fingerprint density at radius 3 is 2.64 bits per heavy atom. The van der Waals surface area contributed by atoms with Crippen molar-refractivity contribution in [2.45, 2.75) is 26.2 Å². The van der Waals surface area contributed by atoms with Gasteiger partial charge < -0.3 is 5.11 Å². The fourth-order valence-electron chi connectivity index (χ4n) is 1.62. The smallest absolute Gasteiger partial charge is 0.307 e. The molecule has 0 saturated carbocycles. The van der Waals surface area contributed by atoms with Crippen LogP contribution >= 0.6 is 0 Å². The second kappa shape index (κ2) is 3.56. The highest BCUT2D eigenvalue weighted by molar-refractivity contribution is 5.70. The van der Waals surface area contributed by atoms with E-state index in [1.54, 1.807) is 0 Å². The number of hydrogen-bond donors (Lipinski definition) is 1. The molecule has 11 heavy (non-hydrogen) atoms. The molecule has 0 aliphatic heterocycles. The van der Waals surface area contributed by atoms with E-state index in [-0.39, 0.29) is 5.92 Å². The van der Waals surface area contributed by atoms with E-state index in [1.165, 1.54) is 0 Å².